The lowest BCUT2D eigenvalue weighted by Crippen LogP contribution is -2.06. The molecule has 0 heterocycles. The highest BCUT2D eigenvalue weighted by molar-refractivity contribution is 6.31. The number of benzene rings is 1. The molecule has 0 amide bonds. The molecule has 4 nitrogen and oxygen atoms in total. The van der Waals surface area contributed by atoms with Crippen LogP contribution in [0.15, 0.2) is 18.2 Å². The number of nitrogens with two attached hydrogens (primary N) is 1. The third-order valence-corrected chi connectivity index (χ3v) is 3.78. The molecule has 0 aliphatic heterocycles. The van der Waals surface area contributed by atoms with Crippen LogP contribution in [0.1, 0.15) is 25.3 Å². The van der Waals surface area contributed by atoms with E-state index in [-0.39, 0.29) is 23.1 Å². The lowest BCUT2D eigenvalue weighted by molar-refractivity contribution is -0.384. The summed E-state index contributed by atoms with van der Waals surface area (Å²) in [6.07, 6.45) is 0. The Morgan fingerprint density at radius 2 is 2.06 bits per heavy atom. The van der Waals surface area contributed by atoms with E-state index in [0.29, 0.717) is 5.02 Å². The summed E-state index contributed by atoms with van der Waals surface area (Å²) >= 11 is 6.05. The molecular formula is C11H13ClN2O2. The number of hydrogen-bond acceptors (Lipinski definition) is 3. The van der Waals surface area contributed by atoms with Gasteiger partial charge in [0.2, 0.25) is 0 Å². The maximum absolute atomic E-state index is 10.7. The summed E-state index contributed by atoms with van der Waals surface area (Å²) in [7, 11) is 0. The van der Waals surface area contributed by atoms with Gasteiger partial charge in [-0.15, -0.1) is 0 Å². The minimum atomic E-state index is -0.416. The minimum Gasteiger partial charge on any atom is -0.327 e. The van der Waals surface area contributed by atoms with Crippen LogP contribution in [-0.2, 0) is 0 Å². The molecule has 0 spiro atoms. The molecule has 0 saturated heterocycles. The fraction of sp³-hybridized carbons (Fsp3) is 0.455. The zero-order chi connectivity index (χ0) is 12.1. The quantitative estimate of drug-likeness (QED) is 0.638. The van der Waals surface area contributed by atoms with E-state index in [2.05, 4.69) is 0 Å². The average Bonchev–Trinajstić information content (AvgIpc) is 2.67. The topological polar surface area (TPSA) is 69.2 Å². The summed E-state index contributed by atoms with van der Waals surface area (Å²) in [4.78, 5) is 10.3. The minimum absolute atomic E-state index is 0.0204. The molecule has 2 rings (SSSR count). The van der Waals surface area contributed by atoms with Crippen molar-refractivity contribution in [2.75, 3.05) is 0 Å². The molecule has 0 unspecified atom stereocenters. The van der Waals surface area contributed by atoms with Gasteiger partial charge in [0, 0.05) is 29.1 Å². The molecule has 1 aliphatic carbocycles. The Morgan fingerprint density at radius 1 is 1.50 bits per heavy atom. The molecule has 1 saturated carbocycles. The Kier molecular flexibility index (Phi) is 2.44. The van der Waals surface area contributed by atoms with Crippen LogP contribution in [0.5, 0.6) is 0 Å². The largest absolute Gasteiger partial charge is 0.327 e. The summed E-state index contributed by atoms with van der Waals surface area (Å²) in [5.74, 6) is 0.111. The number of nitro groups is 1. The van der Waals surface area contributed by atoms with Crippen LogP contribution in [0.2, 0.25) is 5.02 Å². The van der Waals surface area contributed by atoms with Gasteiger partial charge in [-0.3, -0.25) is 10.1 Å². The van der Waals surface area contributed by atoms with Crippen LogP contribution in [0.25, 0.3) is 0 Å². The summed E-state index contributed by atoms with van der Waals surface area (Å²) < 4.78 is 0. The monoisotopic (exact) mass is 240 g/mol. The van der Waals surface area contributed by atoms with E-state index in [1.54, 1.807) is 6.07 Å². The number of hydrogen-bond donors (Lipinski definition) is 1. The molecule has 0 radical (unpaired) electrons. The maximum atomic E-state index is 10.7. The second kappa shape index (κ2) is 3.43. The number of halogens is 1. The molecule has 1 aromatic rings. The van der Waals surface area contributed by atoms with Gasteiger partial charge in [0.1, 0.15) is 0 Å². The fourth-order valence-corrected chi connectivity index (χ4v) is 2.39. The van der Waals surface area contributed by atoms with Gasteiger partial charge < -0.3 is 5.73 Å². The fourth-order valence-electron chi connectivity index (χ4n) is 2.15. The van der Waals surface area contributed by atoms with Crippen molar-refractivity contribution in [2.24, 2.45) is 11.1 Å². The normalized spacial score (nSPS) is 26.5. The highest BCUT2D eigenvalue weighted by Gasteiger charge is 2.57. The van der Waals surface area contributed by atoms with E-state index in [1.807, 2.05) is 13.8 Å². The van der Waals surface area contributed by atoms with Crippen LogP contribution < -0.4 is 5.73 Å². The molecule has 1 aromatic carbocycles. The van der Waals surface area contributed by atoms with Gasteiger partial charge in [0.25, 0.3) is 5.69 Å². The predicted octanol–water partition coefficient (Wildman–Crippen LogP) is 2.70. The van der Waals surface area contributed by atoms with Crippen molar-refractivity contribution < 1.29 is 4.92 Å². The van der Waals surface area contributed by atoms with E-state index in [4.69, 9.17) is 17.3 Å². The third-order valence-electron chi connectivity index (χ3n) is 3.44. The van der Waals surface area contributed by atoms with Gasteiger partial charge in [0.05, 0.1) is 4.92 Å². The van der Waals surface area contributed by atoms with Gasteiger partial charge >= 0.3 is 0 Å². The Labute approximate surface area is 98.5 Å². The number of rotatable bonds is 2. The van der Waals surface area contributed by atoms with E-state index in [0.717, 1.165) is 5.56 Å². The molecule has 0 bridgehead atoms. The first-order valence-corrected chi connectivity index (χ1v) is 5.43. The molecule has 86 valence electrons. The van der Waals surface area contributed by atoms with Crippen LogP contribution in [0.4, 0.5) is 5.69 Å². The highest BCUT2D eigenvalue weighted by Crippen LogP contribution is 2.58. The summed E-state index contributed by atoms with van der Waals surface area (Å²) in [6, 6.07) is 4.52. The van der Waals surface area contributed by atoms with Crippen LogP contribution in [0.3, 0.4) is 0 Å². The summed E-state index contributed by atoms with van der Waals surface area (Å²) in [5.41, 5.74) is 6.76. The lowest BCUT2D eigenvalue weighted by Gasteiger charge is -2.05. The average molecular weight is 241 g/mol. The van der Waals surface area contributed by atoms with Crippen LogP contribution in [-0.4, -0.2) is 11.0 Å². The molecular weight excluding hydrogens is 228 g/mol. The second-order valence-electron chi connectivity index (χ2n) is 4.79. The van der Waals surface area contributed by atoms with Crippen molar-refractivity contribution >= 4 is 17.3 Å². The smallest absolute Gasteiger partial charge is 0.269 e. The van der Waals surface area contributed by atoms with Crippen molar-refractivity contribution in [2.45, 2.75) is 25.8 Å². The van der Waals surface area contributed by atoms with Gasteiger partial charge in [-0.25, -0.2) is 0 Å². The maximum Gasteiger partial charge on any atom is 0.269 e. The molecule has 0 aromatic heterocycles. The Morgan fingerprint density at radius 3 is 2.50 bits per heavy atom. The van der Waals surface area contributed by atoms with Gasteiger partial charge in [0.15, 0.2) is 0 Å². The highest BCUT2D eigenvalue weighted by atomic mass is 35.5. The van der Waals surface area contributed by atoms with Crippen molar-refractivity contribution in [3.63, 3.8) is 0 Å². The number of nitrogens with zero attached hydrogens (tertiary/aromatic N) is 1. The van der Waals surface area contributed by atoms with Crippen LogP contribution in [0, 0.1) is 15.5 Å². The van der Waals surface area contributed by atoms with E-state index in [1.165, 1.54) is 12.1 Å². The zero-order valence-electron chi connectivity index (χ0n) is 9.11. The zero-order valence-corrected chi connectivity index (χ0v) is 9.86. The number of nitro benzene ring substituents is 1. The van der Waals surface area contributed by atoms with Crippen LogP contribution >= 0.6 is 11.6 Å². The molecule has 2 N–H and O–H groups in total. The first kappa shape index (κ1) is 11.4. The summed E-state index contributed by atoms with van der Waals surface area (Å²) in [6.45, 7) is 4.08. The molecule has 1 fully saturated rings. The molecule has 16 heavy (non-hydrogen) atoms. The van der Waals surface area contributed by atoms with Crippen molar-refractivity contribution in [1.29, 1.82) is 0 Å². The first-order chi connectivity index (χ1) is 7.35. The van der Waals surface area contributed by atoms with E-state index in [9.17, 15) is 10.1 Å². The summed E-state index contributed by atoms with van der Waals surface area (Å²) in [5, 5.41) is 11.2. The standard InChI is InChI=1S/C11H13ClN2O2/c1-11(2)9(10(11)13)7-5-6(14(15)16)3-4-8(7)12/h3-5,9-10H,13H2,1-2H3/t9-,10-/m0/s1. The van der Waals surface area contributed by atoms with Crippen molar-refractivity contribution in [3.8, 4) is 0 Å². The Balaban J connectivity index is 2.42. The van der Waals surface area contributed by atoms with E-state index >= 15 is 0 Å². The van der Waals surface area contributed by atoms with E-state index < -0.39 is 4.92 Å². The molecule has 2 atom stereocenters. The Bertz CT molecular complexity index is 459. The van der Waals surface area contributed by atoms with Crippen molar-refractivity contribution in [3.05, 3.63) is 38.9 Å². The van der Waals surface area contributed by atoms with Gasteiger partial charge in [-0.1, -0.05) is 25.4 Å². The lowest BCUT2D eigenvalue weighted by atomic mass is 10.0. The third kappa shape index (κ3) is 1.58. The van der Waals surface area contributed by atoms with Gasteiger partial charge in [-0.2, -0.15) is 0 Å². The second-order valence-corrected chi connectivity index (χ2v) is 5.19. The first-order valence-electron chi connectivity index (χ1n) is 5.05. The SMILES string of the molecule is CC1(C)[C@@H](N)[C@@H]1c1cc([N+](=O)[O-])ccc1Cl. The predicted molar refractivity (Wildman–Crippen MR) is 62.6 cm³/mol. The molecule has 1 aliphatic rings. The van der Waals surface area contributed by atoms with Gasteiger partial charge in [-0.05, 0) is 17.0 Å². The number of non-ortho nitro benzene ring substituents is 1. The molecule has 5 heteroatoms. The van der Waals surface area contributed by atoms with Crippen molar-refractivity contribution in [1.82, 2.24) is 0 Å². The Hall–Kier alpha value is -1.13.